The lowest BCUT2D eigenvalue weighted by Gasteiger charge is -2.41. The number of aromatic hydroxyl groups is 3. The van der Waals surface area contributed by atoms with Gasteiger partial charge in [-0.3, -0.25) is 14.4 Å². The number of carbonyl (C=O) groups is 4. The third kappa shape index (κ3) is 4.38. The fourth-order valence-electron chi connectivity index (χ4n) is 6.94. The summed E-state index contributed by atoms with van der Waals surface area (Å²) in [6, 6.07) is 0. The van der Waals surface area contributed by atoms with Crippen molar-refractivity contribution in [1.29, 1.82) is 0 Å². The standard InChI is InChI=1S/C28H38O7/c1-14(2)11-19(21-25(34)16(12-29)24(33)17(13-30)26(21)35)28(6)10-9-20(32)23(28)22-18(27(22,4)5)8-7-15(3)31/h12-14,18-19,22-23,33-35H,7-11H2,1-6H3/t18-,19+,22-,23+,28-/m1/s1. The van der Waals surface area contributed by atoms with E-state index in [0.29, 0.717) is 32.1 Å². The van der Waals surface area contributed by atoms with Gasteiger partial charge in [-0.05, 0) is 60.7 Å². The molecule has 0 bridgehead atoms. The van der Waals surface area contributed by atoms with E-state index in [4.69, 9.17) is 0 Å². The van der Waals surface area contributed by atoms with Gasteiger partial charge < -0.3 is 20.1 Å². The molecule has 1 aromatic rings. The fraction of sp³-hybridized carbons (Fsp3) is 0.643. The zero-order valence-electron chi connectivity index (χ0n) is 21.6. The average Bonchev–Trinajstić information content (AvgIpc) is 3.14. The highest BCUT2D eigenvalue weighted by Gasteiger charge is 2.67. The summed E-state index contributed by atoms with van der Waals surface area (Å²) in [6.45, 7) is 11.8. The third-order valence-electron chi connectivity index (χ3n) is 8.89. The Bertz CT molecular complexity index is 1020. The molecule has 7 heteroatoms. The average molecular weight is 487 g/mol. The van der Waals surface area contributed by atoms with Crippen molar-refractivity contribution >= 4 is 24.1 Å². The van der Waals surface area contributed by atoms with Gasteiger partial charge in [-0.15, -0.1) is 0 Å². The van der Waals surface area contributed by atoms with Gasteiger partial charge in [0.2, 0.25) is 0 Å². The second-order valence-electron chi connectivity index (χ2n) is 11.8. The van der Waals surface area contributed by atoms with E-state index in [1.54, 1.807) is 6.92 Å². The number of aldehydes is 2. The van der Waals surface area contributed by atoms with E-state index in [1.165, 1.54) is 0 Å². The Morgan fingerprint density at radius 2 is 1.57 bits per heavy atom. The van der Waals surface area contributed by atoms with E-state index in [9.17, 15) is 34.5 Å². The maximum Gasteiger partial charge on any atom is 0.157 e. The number of carbonyl (C=O) groups excluding carboxylic acids is 4. The van der Waals surface area contributed by atoms with E-state index in [2.05, 4.69) is 13.8 Å². The molecule has 0 unspecified atom stereocenters. The lowest BCUT2D eigenvalue weighted by atomic mass is 9.62. The summed E-state index contributed by atoms with van der Waals surface area (Å²) < 4.78 is 0. The van der Waals surface area contributed by atoms with Crippen LogP contribution in [0.4, 0.5) is 0 Å². The summed E-state index contributed by atoms with van der Waals surface area (Å²) in [4.78, 5) is 48.5. The van der Waals surface area contributed by atoms with Crippen molar-refractivity contribution in [3.05, 3.63) is 16.7 Å². The third-order valence-corrected chi connectivity index (χ3v) is 8.89. The summed E-state index contributed by atoms with van der Waals surface area (Å²) in [7, 11) is 0. The number of benzene rings is 1. The van der Waals surface area contributed by atoms with Crippen LogP contribution in [0.15, 0.2) is 0 Å². The molecule has 0 aromatic heterocycles. The topological polar surface area (TPSA) is 129 Å². The van der Waals surface area contributed by atoms with Crippen LogP contribution in [0, 0.1) is 34.5 Å². The first kappa shape index (κ1) is 26.9. The van der Waals surface area contributed by atoms with Crippen molar-refractivity contribution in [1.82, 2.24) is 0 Å². The van der Waals surface area contributed by atoms with Crippen LogP contribution in [0.25, 0.3) is 0 Å². The molecule has 35 heavy (non-hydrogen) atoms. The molecule has 0 radical (unpaired) electrons. The molecule has 3 N–H and O–H groups in total. The maximum atomic E-state index is 13.4. The lowest BCUT2D eigenvalue weighted by molar-refractivity contribution is -0.123. The van der Waals surface area contributed by atoms with Crippen LogP contribution in [-0.2, 0) is 9.59 Å². The smallest absolute Gasteiger partial charge is 0.157 e. The Morgan fingerprint density at radius 1 is 1.03 bits per heavy atom. The number of hydrogen-bond acceptors (Lipinski definition) is 7. The summed E-state index contributed by atoms with van der Waals surface area (Å²) in [5.41, 5.74) is -1.64. The molecule has 192 valence electrons. The number of rotatable bonds is 10. The Hall–Kier alpha value is -2.70. The molecular weight excluding hydrogens is 448 g/mol. The predicted octanol–water partition coefficient (Wildman–Crippen LogP) is 5.18. The van der Waals surface area contributed by atoms with Crippen LogP contribution in [0.2, 0.25) is 0 Å². The number of phenolic OH excluding ortho intramolecular Hbond substituents is 3. The zero-order valence-corrected chi connectivity index (χ0v) is 21.6. The summed E-state index contributed by atoms with van der Waals surface area (Å²) in [6.07, 6.45) is 3.11. The Morgan fingerprint density at radius 3 is 2.03 bits per heavy atom. The van der Waals surface area contributed by atoms with E-state index in [-0.39, 0.29) is 58.8 Å². The van der Waals surface area contributed by atoms with Gasteiger partial charge in [0.1, 0.15) is 28.8 Å². The van der Waals surface area contributed by atoms with Gasteiger partial charge in [-0.2, -0.15) is 0 Å². The van der Waals surface area contributed by atoms with Crippen molar-refractivity contribution in [2.24, 2.45) is 34.5 Å². The van der Waals surface area contributed by atoms with E-state index in [0.717, 1.165) is 0 Å². The fourth-order valence-corrected chi connectivity index (χ4v) is 6.94. The Kier molecular flexibility index (Phi) is 7.22. The van der Waals surface area contributed by atoms with Gasteiger partial charge in [-0.1, -0.05) is 34.6 Å². The normalized spacial score (nSPS) is 28.2. The number of hydrogen-bond donors (Lipinski definition) is 3. The lowest BCUT2D eigenvalue weighted by Crippen LogP contribution is -2.36. The molecule has 0 saturated heterocycles. The van der Waals surface area contributed by atoms with Crippen molar-refractivity contribution in [3.8, 4) is 17.2 Å². The highest BCUT2D eigenvalue weighted by Crippen LogP contribution is 2.71. The first-order valence-electron chi connectivity index (χ1n) is 12.5. The Balaban J connectivity index is 2.18. The molecular formula is C28H38O7. The number of Topliss-reactive ketones (excluding diaryl/α,β-unsaturated/α-hetero) is 2. The van der Waals surface area contributed by atoms with Crippen LogP contribution < -0.4 is 0 Å². The molecule has 2 saturated carbocycles. The summed E-state index contributed by atoms with van der Waals surface area (Å²) in [5, 5.41) is 32.4. The van der Waals surface area contributed by atoms with E-state index < -0.39 is 39.7 Å². The van der Waals surface area contributed by atoms with Gasteiger partial charge in [-0.25, -0.2) is 0 Å². The van der Waals surface area contributed by atoms with Crippen molar-refractivity contribution < 1.29 is 34.5 Å². The van der Waals surface area contributed by atoms with Gasteiger partial charge in [0.05, 0.1) is 11.1 Å². The summed E-state index contributed by atoms with van der Waals surface area (Å²) in [5.74, 6) is -2.13. The molecule has 3 rings (SSSR count). The molecule has 5 atom stereocenters. The highest BCUT2D eigenvalue weighted by molar-refractivity contribution is 5.95. The van der Waals surface area contributed by atoms with Gasteiger partial charge >= 0.3 is 0 Å². The van der Waals surface area contributed by atoms with Crippen LogP contribution >= 0.6 is 0 Å². The number of ketones is 2. The second-order valence-corrected chi connectivity index (χ2v) is 11.8. The molecule has 0 amide bonds. The molecule has 2 aliphatic rings. The zero-order chi connectivity index (χ0) is 26.5. The minimum absolute atomic E-state index is 0.0432. The van der Waals surface area contributed by atoms with Crippen LogP contribution in [-0.4, -0.2) is 39.5 Å². The maximum absolute atomic E-state index is 13.4. The minimum atomic E-state index is -0.756. The molecule has 0 heterocycles. The Labute approximate surface area is 206 Å². The largest absolute Gasteiger partial charge is 0.507 e. The quantitative estimate of drug-likeness (QED) is 0.388. The van der Waals surface area contributed by atoms with Crippen LogP contribution in [0.3, 0.4) is 0 Å². The molecule has 0 aliphatic heterocycles. The monoisotopic (exact) mass is 486 g/mol. The van der Waals surface area contributed by atoms with Gasteiger partial charge in [0.25, 0.3) is 0 Å². The van der Waals surface area contributed by atoms with Gasteiger partial charge in [0.15, 0.2) is 12.6 Å². The summed E-state index contributed by atoms with van der Waals surface area (Å²) >= 11 is 0. The van der Waals surface area contributed by atoms with Crippen LogP contribution in [0.1, 0.15) is 106 Å². The molecule has 0 spiro atoms. The second kappa shape index (κ2) is 9.40. The first-order valence-corrected chi connectivity index (χ1v) is 12.5. The van der Waals surface area contributed by atoms with Crippen molar-refractivity contribution in [2.45, 2.75) is 79.6 Å². The van der Waals surface area contributed by atoms with E-state index >= 15 is 0 Å². The number of phenols is 3. The highest BCUT2D eigenvalue weighted by atomic mass is 16.3. The molecule has 2 aliphatic carbocycles. The SMILES string of the molecule is CC(=O)CC[C@@H]1[C@H]([C@@H]2C(=O)CC[C@]2(C)[C@@H](CC(C)C)c2c(O)c(C=O)c(O)c(C=O)c2O)C1(C)C. The molecule has 7 nitrogen and oxygen atoms in total. The van der Waals surface area contributed by atoms with Crippen LogP contribution in [0.5, 0.6) is 17.2 Å². The van der Waals surface area contributed by atoms with Gasteiger partial charge in [0, 0.05) is 24.3 Å². The predicted molar refractivity (Wildman–Crippen MR) is 131 cm³/mol. The minimum Gasteiger partial charge on any atom is -0.507 e. The van der Waals surface area contributed by atoms with Crippen molar-refractivity contribution in [2.75, 3.05) is 0 Å². The molecule has 2 fully saturated rings. The van der Waals surface area contributed by atoms with E-state index in [1.807, 2.05) is 20.8 Å². The van der Waals surface area contributed by atoms with Crippen molar-refractivity contribution in [3.63, 3.8) is 0 Å². The molecule has 1 aromatic carbocycles. The first-order chi connectivity index (χ1) is 16.2.